The van der Waals surface area contributed by atoms with E-state index >= 15 is 0 Å². The van der Waals surface area contributed by atoms with E-state index in [4.69, 9.17) is 27.9 Å². The number of esters is 1. The highest BCUT2D eigenvalue weighted by Crippen LogP contribution is 2.23. The van der Waals surface area contributed by atoms with Crippen LogP contribution in [0.3, 0.4) is 0 Å². The van der Waals surface area contributed by atoms with Crippen LogP contribution in [0.4, 0.5) is 10.6 Å². The molecule has 10 heteroatoms. The Morgan fingerprint density at radius 3 is 2.42 bits per heavy atom. The molecule has 0 saturated heterocycles. The Hall–Kier alpha value is -3.10. The van der Waals surface area contributed by atoms with Gasteiger partial charge < -0.3 is 20.7 Å². The number of carbonyl (C=O) groups excluding carboxylic acids is 2. The normalized spacial score (nSPS) is 11.8. The lowest BCUT2D eigenvalue weighted by Crippen LogP contribution is -2.36. The number of urea groups is 1. The number of hydrogen-bond donors (Lipinski definition) is 3. The molecule has 3 aromatic rings. The minimum absolute atomic E-state index is 0.0279. The molecule has 33 heavy (non-hydrogen) atoms. The van der Waals surface area contributed by atoms with E-state index < -0.39 is 6.04 Å². The number of hydrogen-bond acceptors (Lipinski definition) is 6. The predicted octanol–water partition coefficient (Wildman–Crippen LogP) is 4.55. The Balaban J connectivity index is 1.71. The number of amides is 2. The number of nitrogens with zero attached hydrogens (tertiary/aromatic N) is 2. The largest absolute Gasteiger partial charge is 0.467 e. The fraction of sp³-hybridized carbons (Fsp3) is 0.304. The second-order valence-electron chi connectivity index (χ2n) is 7.68. The van der Waals surface area contributed by atoms with Crippen molar-refractivity contribution in [2.45, 2.75) is 33.0 Å². The third kappa shape index (κ3) is 6.46. The van der Waals surface area contributed by atoms with Gasteiger partial charge in [-0.2, -0.15) is 0 Å². The standard InChI is InChI=1S/C23H25Cl2N5O3/c1-13(2)20(22(31)33-3)30-21-15-6-4-5-7-18(15)28-19(29-21)12-27-23(32)26-11-14-8-9-16(24)17(25)10-14/h4-10,13,20H,11-12H2,1-3H3,(H2,26,27,32)(H,28,29,30)/t20-/m0/s1. The van der Waals surface area contributed by atoms with Crippen LogP contribution in [0.1, 0.15) is 25.2 Å². The molecule has 3 rings (SSSR count). The van der Waals surface area contributed by atoms with Crippen molar-refractivity contribution in [3.8, 4) is 0 Å². The number of anilines is 1. The van der Waals surface area contributed by atoms with Gasteiger partial charge in [0, 0.05) is 11.9 Å². The third-order valence-corrected chi connectivity index (χ3v) is 5.65. The fourth-order valence-corrected chi connectivity index (χ4v) is 3.46. The van der Waals surface area contributed by atoms with Crippen LogP contribution in [0.2, 0.25) is 10.0 Å². The third-order valence-electron chi connectivity index (χ3n) is 4.91. The number of aromatic nitrogens is 2. The summed E-state index contributed by atoms with van der Waals surface area (Å²) in [6.07, 6.45) is 0. The quantitative estimate of drug-likeness (QED) is 0.401. The van der Waals surface area contributed by atoms with Crippen molar-refractivity contribution in [3.05, 3.63) is 63.9 Å². The van der Waals surface area contributed by atoms with Gasteiger partial charge in [-0.15, -0.1) is 0 Å². The molecular formula is C23H25Cl2N5O3. The van der Waals surface area contributed by atoms with Crippen LogP contribution in [0, 0.1) is 5.92 Å². The first-order valence-electron chi connectivity index (χ1n) is 10.3. The highest BCUT2D eigenvalue weighted by Gasteiger charge is 2.24. The predicted molar refractivity (Wildman–Crippen MR) is 129 cm³/mol. The summed E-state index contributed by atoms with van der Waals surface area (Å²) in [5.74, 6) is 0.486. The molecule has 0 unspecified atom stereocenters. The van der Waals surface area contributed by atoms with Crippen LogP contribution in [-0.2, 0) is 22.6 Å². The zero-order chi connectivity index (χ0) is 24.0. The van der Waals surface area contributed by atoms with Gasteiger partial charge in [0.05, 0.1) is 29.2 Å². The molecule has 3 N–H and O–H groups in total. The van der Waals surface area contributed by atoms with E-state index in [1.807, 2.05) is 38.1 Å². The summed E-state index contributed by atoms with van der Waals surface area (Å²) in [5, 5.41) is 10.3. The number of halogens is 2. The number of para-hydroxylation sites is 1. The molecule has 0 fully saturated rings. The van der Waals surface area contributed by atoms with Crippen molar-refractivity contribution in [1.29, 1.82) is 0 Å². The first kappa shape index (κ1) is 24.5. The van der Waals surface area contributed by atoms with Gasteiger partial charge in [-0.1, -0.05) is 55.2 Å². The van der Waals surface area contributed by atoms with E-state index in [1.54, 1.807) is 18.2 Å². The Labute approximate surface area is 202 Å². The van der Waals surface area contributed by atoms with E-state index in [0.29, 0.717) is 27.2 Å². The average molecular weight is 490 g/mol. The summed E-state index contributed by atoms with van der Waals surface area (Å²) >= 11 is 11.9. The number of nitrogens with one attached hydrogen (secondary N) is 3. The van der Waals surface area contributed by atoms with Gasteiger partial charge in [-0.3, -0.25) is 0 Å². The smallest absolute Gasteiger partial charge is 0.328 e. The van der Waals surface area contributed by atoms with Crippen molar-refractivity contribution in [2.75, 3.05) is 12.4 Å². The van der Waals surface area contributed by atoms with Crippen LogP contribution in [0.25, 0.3) is 10.9 Å². The highest BCUT2D eigenvalue weighted by atomic mass is 35.5. The molecule has 2 aromatic carbocycles. The summed E-state index contributed by atoms with van der Waals surface area (Å²) in [5.41, 5.74) is 1.51. The van der Waals surface area contributed by atoms with Gasteiger partial charge >= 0.3 is 12.0 Å². The molecule has 0 aliphatic carbocycles. The van der Waals surface area contributed by atoms with Crippen LogP contribution >= 0.6 is 23.2 Å². The summed E-state index contributed by atoms with van der Waals surface area (Å²) in [7, 11) is 1.35. The first-order valence-corrected chi connectivity index (χ1v) is 11.1. The van der Waals surface area contributed by atoms with Gasteiger partial charge in [0.2, 0.25) is 0 Å². The van der Waals surface area contributed by atoms with Crippen molar-refractivity contribution in [3.63, 3.8) is 0 Å². The minimum atomic E-state index is -0.580. The Bertz CT molecular complexity index is 1160. The van der Waals surface area contributed by atoms with Crippen LogP contribution < -0.4 is 16.0 Å². The molecule has 2 amide bonds. The number of fused-ring (bicyclic) bond motifs is 1. The van der Waals surface area contributed by atoms with Crippen molar-refractivity contribution >= 4 is 51.9 Å². The Morgan fingerprint density at radius 1 is 1.00 bits per heavy atom. The molecule has 0 saturated carbocycles. The highest BCUT2D eigenvalue weighted by molar-refractivity contribution is 6.42. The number of benzene rings is 2. The number of rotatable bonds is 8. The number of methoxy groups -OCH3 is 1. The molecule has 8 nitrogen and oxygen atoms in total. The monoisotopic (exact) mass is 489 g/mol. The first-order chi connectivity index (χ1) is 15.8. The van der Waals surface area contributed by atoms with Gasteiger partial charge in [0.25, 0.3) is 0 Å². The maximum absolute atomic E-state index is 12.3. The lowest BCUT2D eigenvalue weighted by atomic mass is 10.0. The molecule has 0 aliphatic rings. The summed E-state index contributed by atoms with van der Waals surface area (Å²) < 4.78 is 4.92. The molecule has 0 radical (unpaired) electrons. The van der Waals surface area contributed by atoms with Crippen molar-refractivity contribution < 1.29 is 14.3 Å². The number of ether oxygens (including phenoxy) is 1. The van der Waals surface area contributed by atoms with Crippen LogP contribution in [-0.4, -0.2) is 35.1 Å². The molecule has 0 bridgehead atoms. The second kappa shape index (κ2) is 11.2. The maximum atomic E-state index is 12.3. The van der Waals surface area contributed by atoms with E-state index in [2.05, 4.69) is 25.9 Å². The molecule has 174 valence electrons. The van der Waals surface area contributed by atoms with E-state index in [0.717, 1.165) is 10.9 Å². The summed E-state index contributed by atoms with van der Waals surface area (Å²) in [6.45, 7) is 4.21. The fourth-order valence-electron chi connectivity index (χ4n) is 3.14. The second-order valence-corrected chi connectivity index (χ2v) is 8.49. The van der Waals surface area contributed by atoms with Crippen molar-refractivity contribution in [1.82, 2.24) is 20.6 Å². The number of carbonyl (C=O) groups is 2. The van der Waals surface area contributed by atoms with Gasteiger partial charge in [-0.25, -0.2) is 19.6 Å². The molecule has 0 spiro atoms. The molecule has 1 aromatic heterocycles. The van der Waals surface area contributed by atoms with E-state index in [9.17, 15) is 9.59 Å². The van der Waals surface area contributed by atoms with Gasteiger partial charge in [0.15, 0.2) is 5.82 Å². The molecule has 1 heterocycles. The van der Waals surface area contributed by atoms with Gasteiger partial charge in [0.1, 0.15) is 11.9 Å². The summed E-state index contributed by atoms with van der Waals surface area (Å²) in [4.78, 5) is 33.6. The molecular weight excluding hydrogens is 465 g/mol. The topological polar surface area (TPSA) is 105 Å². The maximum Gasteiger partial charge on any atom is 0.328 e. The van der Waals surface area contributed by atoms with Crippen molar-refractivity contribution in [2.24, 2.45) is 5.92 Å². The minimum Gasteiger partial charge on any atom is -0.467 e. The van der Waals surface area contributed by atoms with Crippen LogP contribution in [0.15, 0.2) is 42.5 Å². The average Bonchev–Trinajstić information content (AvgIpc) is 2.81. The lowest BCUT2D eigenvalue weighted by Gasteiger charge is -2.21. The SMILES string of the molecule is COC(=O)[C@@H](Nc1nc(CNC(=O)NCc2ccc(Cl)c(Cl)c2)nc2ccccc12)C(C)C. The zero-order valence-corrected chi connectivity index (χ0v) is 20.0. The lowest BCUT2D eigenvalue weighted by molar-refractivity contribution is -0.142. The van der Waals surface area contributed by atoms with Gasteiger partial charge in [-0.05, 0) is 35.7 Å². The summed E-state index contributed by atoms with van der Waals surface area (Å²) in [6, 6.07) is 11.6. The Kier molecular flexibility index (Phi) is 8.30. The molecule has 1 atom stereocenters. The molecule has 0 aliphatic heterocycles. The van der Waals surface area contributed by atoms with E-state index in [1.165, 1.54) is 7.11 Å². The van der Waals surface area contributed by atoms with Crippen LogP contribution in [0.5, 0.6) is 0 Å². The Morgan fingerprint density at radius 2 is 1.73 bits per heavy atom. The zero-order valence-electron chi connectivity index (χ0n) is 18.5. The van der Waals surface area contributed by atoms with E-state index in [-0.39, 0.29) is 31.0 Å².